The van der Waals surface area contributed by atoms with Crippen LogP contribution in [0.25, 0.3) is 0 Å². The van der Waals surface area contributed by atoms with Crippen LogP contribution in [0.5, 0.6) is 0 Å². The number of carbonyl (C=O) groups is 2. The van der Waals surface area contributed by atoms with Gasteiger partial charge in [-0.3, -0.25) is 14.6 Å². The van der Waals surface area contributed by atoms with Gasteiger partial charge in [0.2, 0.25) is 11.8 Å². The summed E-state index contributed by atoms with van der Waals surface area (Å²) in [5.74, 6) is -0.503. The van der Waals surface area contributed by atoms with Crippen LogP contribution in [0.3, 0.4) is 0 Å². The number of pyridine rings is 1. The number of carbonyl (C=O) groups excluding carboxylic acids is 2. The summed E-state index contributed by atoms with van der Waals surface area (Å²) >= 11 is 0. The molecule has 1 aliphatic rings. The maximum atomic E-state index is 13.6. The van der Waals surface area contributed by atoms with Crippen LogP contribution in [-0.4, -0.2) is 28.2 Å². The van der Waals surface area contributed by atoms with Gasteiger partial charge in [0, 0.05) is 38.2 Å². The van der Waals surface area contributed by atoms with E-state index in [-0.39, 0.29) is 23.7 Å². The van der Waals surface area contributed by atoms with E-state index < -0.39 is 23.7 Å². The average molecular weight is 419 g/mol. The molecule has 1 atom stereocenters. The fraction of sp³-hybridized carbons (Fsp3) is 0.409. The molecule has 2 heterocycles. The number of benzene rings is 1. The van der Waals surface area contributed by atoms with Crippen molar-refractivity contribution in [1.82, 2.24) is 15.2 Å². The minimum atomic E-state index is -4.58. The molecule has 1 fully saturated rings. The Labute approximate surface area is 173 Å². The molecule has 2 aromatic rings. The number of aryl methyl sites for hydroxylation is 1. The van der Waals surface area contributed by atoms with Crippen molar-refractivity contribution in [2.75, 3.05) is 6.54 Å². The molecule has 0 aliphatic carbocycles. The van der Waals surface area contributed by atoms with Gasteiger partial charge in [-0.25, -0.2) is 0 Å². The second-order valence-corrected chi connectivity index (χ2v) is 7.40. The molecule has 0 radical (unpaired) electrons. The summed E-state index contributed by atoms with van der Waals surface area (Å²) in [7, 11) is 0. The lowest BCUT2D eigenvalue weighted by Gasteiger charge is -2.25. The van der Waals surface area contributed by atoms with Crippen LogP contribution in [0.1, 0.15) is 54.6 Å². The van der Waals surface area contributed by atoms with Gasteiger partial charge in [-0.2, -0.15) is 13.2 Å². The highest BCUT2D eigenvalue weighted by atomic mass is 19.4. The molecule has 1 aromatic heterocycles. The molecule has 30 heavy (non-hydrogen) atoms. The predicted octanol–water partition coefficient (Wildman–Crippen LogP) is 4.03. The van der Waals surface area contributed by atoms with Crippen LogP contribution >= 0.6 is 0 Å². The van der Waals surface area contributed by atoms with Gasteiger partial charge in [0.1, 0.15) is 0 Å². The molecule has 3 rings (SSSR count). The number of alkyl halides is 3. The normalized spacial score (nSPS) is 16.5. The third kappa shape index (κ3) is 5.37. The van der Waals surface area contributed by atoms with E-state index in [4.69, 9.17) is 0 Å². The maximum absolute atomic E-state index is 13.6. The summed E-state index contributed by atoms with van der Waals surface area (Å²) in [6.45, 7) is 1.50. The van der Waals surface area contributed by atoms with E-state index in [0.29, 0.717) is 25.8 Å². The lowest BCUT2D eigenvalue weighted by Crippen LogP contribution is -2.31. The Morgan fingerprint density at radius 3 is 2.63 bits per heavy atom. The summed E-state index contributed by atoms with van der Waals surface area (Å²) < 4.78 is 40.7. The van der Waals surface area contributed by atoms with Crippen molar-refractivity contribution >= 4 is 11.8 Å². The SMILES string of the molecule is CC(=O)NCc1cnc([C@@H]2CCCN2C(=O)CCc2ccccc2)cc1C(F)(F)F. The summed E-state index contributed by atoms with van der Waals surface area (Å²) in [5.41, 5.74) is 0.354. The number of amides is 2. The number of hydrogen-bond acceptors (Lipinski definition) is 3. The van der Waals surface area contributed by atoms with E-state index in [9.17, 15) is 22.8 Å². The zero-order valence-electron chi connectivity index (χ0n) is 16.7. The van der Waals surface area contributed by atoms with Crippen LogP contribution in [0.4, 0.5) is 13.2 Å². The average Bonchev–Trinajstić information content (AvgIpc) is 3.20. The number of likely N-dealkylation sites (tertiary alicyclic amines) is 1. The highest BCUT2D eigenvalue weighted by Gasteiger charge is 2.37. The van der Waals surface area contributed by atoms with Gasteiger partial charge in [0.05, 0.1) is 17.3 Å². The molecule has 2 amide bonds. The molecule has 1 aromatic carbocycles. The largest absolute Gasteiger partial charge is 0.416 e. The first-order chi connectivity index (χ1) is 14.3. The van der Waals surface area contributed by atoms with E-state index in [0.717, 1.165) is 24.2 Å². The first kappa shape index (κ1) is 21.8. The number of aromatic nitrogens is 1. The van der Waals surface area contributed by atoms with E-state index in [1.54, 1.807) is 4.90 Å². The summed E-state index contributed by atoms with van der Waals surface area (Å²) in [6, 6.07) is 10.2. The van der Waals surface area contributed by atoms with Crippen molar-refractivity contribution in [2.24, 2.45) is 0 Å². The van der Waals surface area contributed by atoms with E-state index >= 15 is 0 Å². The van der Waals surface area contributed by atoms with Crippen LogP contribution in [0, 0.1) is 0 Å². The van der Waals surface area contributed by atoms with E-state index in [2.05, 4.69) is 10.3 Å². The topological polar surface area (TPSA) is 62.3 Å². The standard InChI is InChI=1S/C22H24F3N3O2/c1-15(29)26-13-17-14-27-19(12-18(17)22(23,24)25)20-8-5-11-28(20)21(30)10-9-16-6-3-2-4-7-16/h2-4,6-7,12,14,20H,5,8-11,13H2,1H3,(H,26,29)/t20-/m0/s1. The molecular weight excluding hydrogens is 395 g/mol. The monoisotopic (exact) mass is 419 g/mol. The minimum absolute atomic E-state index is 0.0842. The van der Waals surface area contributed by atoms with Crippen molar-refractivity contribution in [3.63, 3.8) is 0 Å². The molecule has 0 bridgehead atoms. The van der Waals surface area contributed by atoms with Crippen LogP contribution < -0.4 is 5.32 Å². The summed E-state index contributed by atoms with van der Waals surface area (Å²) in [6.07, 6.45) is -1.25. The van der Waals surface area contributed by atoms with Crippen LogP contribution in [0.2, 0.25) is 0 Å². The highest BCUT2D eigenvalue weighted by molar-refractivity contribution is 5.77. The Morgan fingerprint density at radius 1 is 1.23 bits per heavy atom. The lowest BCUT2D eigenvalue weighted by molar-refractivity contribution is -0.138. The Balaban J connectivity index is 1.77. The van der Waals surface area contributed by atoms with Gasteiger partial charge in [-0.15, -0.1) is 0 Å². The van der Waals surface area contributed by atoms with Crippen molar-refractivity contribution in [1.29, 1.82) is 0 Å². The van der Waals surface area contributed by atoms with Gasteiger partial charge in [-0.05, 0) is 30.9 Å². The van der Waals surface area contributed by atoms with Crippen molar-refractivity contribution in [3.8, 4) is 0 Å². The van der Waals surface area contributed by atoms with Gasteiger partial charge in [0.15, 0.2) is 0 Å². The predicted molar refractivity (Wildman–Crippen MR) is 105 cm³/mol. The van der Waals surface area contributed by atoms with E-state index in [1.165, 1.54) is 6.92 Å². The number of rotatable bonds is 6. The second-order valence-electron chi connectivity index (χ2n) is 7.40. The van der Waals surface area contributed by atoms with Crippen LogP contribution in [0.15, 0.2) is 42.6 Å². The minimum Gasteiger partial charge on any atom is -0.352 e. The first-order valence-electron chi connectivity index (χ1n) is 9.89. The van der Waals surface area contributed by atoms with Gasteiger partial charge < -0.3 is 10.2 Å². The first-order valence-corrected chi connectivity index (χ1v) is 9.89. The number of nitrogens with zero attached hydrogens (tertiary/aromatic N) is 2. The Hall–Kier alpha value is -2.90. The highest BCUT2D eigenvalue weighted by Crippen LogP contribution is 2.37. The fourth-order valence-electron chi connectivity index (χ4n) is 3.72. The summed E-state index contributed by atoms with van der Waals surface area (Å²) in [4.78, 5) is 29.7. The van der Waals surface area contributed by atoms with Crippen LogP contribution in [-0.2, 0) is 28.7 Å². The van der Waals surface area contributed by atoms with Gasteiger partial charge >= 0.3 is 6.18 Å². The molecule has 160 valence electrons. The Bertz CT molecular complexity index is 900. The molecule has 0 spiro atoms. The van der Waals surface area contributed by atoms with E-state index in [1.807, 2.05) is 30.3 Å². The molecule has 0 saturated carbocycles. The van der Waals surface area contributed by atoms with Crippen molar-refractivity contribution in [2.45, 2.75) is 51.4 Å². The smallest absolute Gasteiger partial charge is 0.352 e. The summed E-state index contributed by atoms with van der Waals surface area (Å²) in [5, 5.41) is 2.38. The molecule has 1 saturated heterocycles. The van der Waals surface area contributed by atoms with Crippen molar-refractivity contribution < 1.29 is 22.8 Å². The third-order valence-electron chi connectivity index (χ3n) is 5.23. The molecule has 0 unspecified atom stereocenters. The molecule has 5 nitrogen and oxygen atoms in total. The maximum Gasteiger partial charge on any atom is 0.416 e. The number of hydrogen-bond donors (Lipinski definition) is 1. The zero-order valence-corrected chi connectivity index (χ0v) is 16.7. The number of nitrogens with one attached hydrogen (secondary N) is 1. The quantitative estimate of drug-likeness (QED) is 0.769. The van der Waals surface area contributed by atoms with Crippen molar-refractivity contribution in [3.05, 3.63) is 65.0 Å². The third-order valence-corrected chi connectivity index (χ3v) is 5.23. The fourth-order valence-corrected chi connectivity index (χ4v) is 3.72. The zero-order chi connectivity index (χ0) is 21.7. The molecule has 8 heteroatoms. The Kier molecular flexibility index (Phi) is 6.74. The Morgan fingerprint density at radius 2 is 1.97 bits per heavy atom. The van der Waals surface area contributed by atoms with Gasteiger partial charge in [-0.1, -0.05) is 30.3 Å². The second kappa shape index (κ2) is 9.28. The van der Waals surface area contributed by atoms with Gasteiger partial charge in [0.25, 0.3) is 0 Å². The molecule has 1 N–H and O–H groups in total. The molecular formula is C22H24F3N3O2. The molecule has 1 aliphatic heterocycles. The lowest BCUT2D eigenvalue weighted by atomic mass is 10.0. The number of halogens is 3.